The number of aromatic nitrogens is 3. The topological polar surface area (TPSA) is 86.4 Å². The first-order valence-corrected chi connectivity index (χ1v) is 11.5. The van der Waals surface area contributed by atoms with E-state index >= 15 is 0 Å². The lowest BCUT2D eigenvalue weighted by molar-refractivity contribution is 0.0528. The summed E-state index contributed by atoms with van der Waals surface area (Å²) >= 11 is 3.60. The number of hydrogen-bond donors (Lipinski definition) is 1. The number of esters is 1. The number of aryl methyl sites for hydroxylation is 1. The molecule has 2 aromatic carbocycles. The Bertz CT molecular complexity index is 1410. The molecule has 0 atom stereocenters. The minimum absolute atomic E-state index is 0.0305. The Kier molecular flexibility index (Phi) is 6.48. The third kappa shape index (κ3) is 4.11. The average molecular weight is 532 g/mol. The predicted molar refractivity (Wildman–Crippen MR) is 127 cm³/mol. The summed E-state index contributed by atoms with van der Waals surface area (Å²) < 4.78 is 35.1. The van der Waals surface area contributed by atoms with Gasteiger partial charge < -0.3 is 19.0 Å². The van der Waals surface area contributed by atoms with Crippen molar-refractivity contribution in [3.63, 3.8) is 0 Å². The Labute approximate surface area is 200 Å². The fourth-order valence-corrected chi connectivity index (χ4v) is 4.84. The van der Waals surface area contributed by atoms with Crippen LogP contribution in [0.4, 0.5) is 4.39 Å². The highest BCUT2D eigenvalue weighted by Crippen LogP contribution is 2.40. The summed E-state index contributed by atoms with van der Waals surface area (Å²) in [7, 11) is 1.73. The Hall–Kier alpha value is -3.24. The Morgan fingerprint density at radius 2 is 2.03 bits per heavy atom. The molecule has 170 valence electrons. The Morgan fingerprint density at radius 3 is 2.64 bits per heavy atom. The molecule has 2 aromatic heterocycles. The molecule has 0 bridgehead atoms. The van der Waals surface area contributed by atoms with Crippen LogP contribution >= 0.6 is 15.9 Å². The monoisotopic (exact) mass is 531 g/mol. The molecule has 0 unspecified atom stereocenters. The van der Waals surface area contributed by atoms with Crippen molar-refractivity contribution in [2.24, 2.45) is 7.05 Å². The third-order valence-electron chi connectivity index (χ3n) is 5.30. The standard InChI is InChI=1S/C23H19BrFN3O4S/c1-3-32-23(30)19-18-15(11-28-9-8-26-12-28)21(29)16(24)10-17(18)27(2)20(19)22(33-31)13-4-6-14(25)7-5-13/h4-10,12,29H,3,11H2,1-2H3. The van der Waals surface area contributed by atoms with E-state index in [4.69, 9.17) is 4.74 Å². The molecule has 0 saturated heterocycles. The SMILES string of the molecule is CCOC(=O)c1c(C(=S=O)c2ccc(F)cc2)n(C)c2cc(Br)c(O)c(Cn3ccnc3)c12. The van der Waals surface area contributed by atoms with E-state index in [1.54, 1.807) is 47.9 Å². The lowest BCUT2D eigenvalue weighted by Gasteiger charge is -2.11. The molecule has 0 fully saturated rings. The molecule has 4 rings (SSSR count). The molecule has 0 radical (unpaired) electrons. The van der Waals surface area contributed by atoms with Crippen LogP contribution in [0.5, 0.6) is 5.75 Å². The summed E-state index contributed by atoms with van der Waals surface area (Å²) in [6.45, 7) is 2.05. The van der Waals surface area contributed by atoms with Gasteiger partial charge in [0.05, 0.1) is 56.8 Å². The van der Waals surface area contributed by atoms with Gasteiger partial charge in [0.25, 0.3) is 0 Å². The van der Waals surface area contributed by atoms with Crippen molar-refractivity contribution in [3.8, 4) is 5.75 Å². The first-order chi connectivity index (χ1) is 15.9. The van der Waals surface area contributed by atoms with Gasteiger partial charge in [-0.25, -0.2) is 18.4 Å². The van der Waals surface area contributed by atoms with Gasteiger partial charge in [0, 0.05) is 30.4 Å². The maximum absolute atomic E-state index is 13.5. The molecule has 0 spiro atoms. The van der Waals surface area contributed by atoms with E-state index in [2.05, 4.69) is 20.9 Å². The molecule has 0 aliphatic carbocycles. The molecule has 7 nitrogen and oxygen atoms in total. The van der Waals surface area contributed by atoms with Gasteiger partial charge in [-0.3, -0.25) is 0 Å². The summed E-state index contributed by atoms with van der Waals surface area (Å²) in [6, 6.07) is 7.17. The summed E-state index contributed by atoms with van der Waals surface area (Å²) in [6.07, 6.45) is 4.96. The molecule has 33 heavy (non-hydrogen) atoms. The van der Waals surface area contributed by atoms with Gasteiger partial charge in [-0.05, 0) is 46.6 Å². The molecule has 0 saturated carbocycles. The van der Waals surface area contributed by atoms with E-state index in [9.17, 15) is 18.5 Å². The van der Waals surface area contributed by atoms with Crippen LogP contribution in [0.3, 0.4) is 0 Å². The molecule has 0 aliphatic rings. The minimum Gasteiger partial charge on any atom is -0.506 e. The van der Waals surface area contributed by atoms with Crippen molar-refractivity contribution in [1.82, 2.24) is 14.1 Å². The number of halogens is 2. The van der Waals surface area contributed by atoms with Crippen LogP contribution in [0.1, 0.15) is 34.1 Å². The smallest absolute Gasteiger partial charge is 0.341 e. The number of phenols is 1. The number of nitrogens with zero attached hydrogens (tertiary/aromatic N) is 3. The molecule has 0 aliphatic heterocycles. The largest absolute Gasteiger partial charge is 0.506 e. The highest BCUT2D eigenvalue weighted by Gasteiger charge is 2.30. The fraction of sp³-hybridized carbons (Fsp3) is 0.174. The van der Waals surface area contributed by atoms with E-state index in [1.165, 1.54) is 24.3 Å². The molecule has 4 aromatic rings. The lowest BCUT2D eigenvalue weighted by atomic mass is 10.0. The second kappa shape index (κ2) is 9.32. The summed E-state index contributed by atoms with van der Waals surface area (Å²) in [5.74, 6) is -1.09. The highest BCUT2D eigenvalue weighted by atomic mass is 79.9. The van der Waals surface area contributed by atoms with Crippen LogP contribution in [0.2, 0.25) is 0 Å². The predicted octanol–water partition coefficient (Wildman–Crippen LogP) is 3.99. The van der Waals surface area contributed by atoms with Crippen molar-refractivity contribution < 1.29 is 23.2 Å². The molecular weight excluding hydrogens is 513 g/mol. The van der Waals surface area contributed by atoms with Gasteiger partial charge in [-0.15, -0.1) is 0 Å². The third-order valence-corrected chi connectivity index (χ3v) is 6.50. The van der Waals surface area contributed by atoms with E-state index in [0.29, 0.717) is 32.2 Å². The Balaban J connectivity index is 2.09. The maximum atomic E-state index is 13.5. The zero-order valence-corrected chi connectivity index (χ0v) is 20.1. The van der Waals surface area contributed by atoms with E-state index in [0.717, 1.165) is 0 Å². The van der Waals surface area contributed by atoms with E-state index in [-0.39, 0.29) is 40.6 Å². The summed E-state index contributed by atoms with van der Waals surface area (Å²) in [4.78, 5) is 17.5. The quantitative estimate of drug-likeness (QED) is 0.231. The highest BCUT2D eigenvalue weighted by molar-refractivity contribution is 9.10. The molecule has 0 amide bonds. The number of rotatable bonds is 6. The van der Waals surface area contributed by atoms with Crippen molar-refractivity contribution >= 4 is 48.9 Å². The van der Waals surface area contributed by atoms with Gasteiger partial charge in [0.2, 0.25) is 0 Å². The van der Waals surface area contributed by atoms with E-state index in [1.807, 2.05) is 0 Å². The molecule has 2 heterocycles. The average Bonchev–Trinajstić information content (AvgIpc) is 3.40. The van der Waals surface area contributed by atoms with Crippen LogP contribution in [-0.4, -0.2) is 40.9 Å². The second-order valence-electron chi connectivity index (χ2n) is 7.24. The van der Waals surface area contributed by atoms with Crippen LogP contribution in [0.25, 0.3) is 10.9 Å². The number of ether oxygens (including phenoxy) is 1. The number of aromatic hydroxyl groups is 1. The summed E-state index contributed by atoms with van der Waals surface area (Å²) in [5, 5.41) is 11.4. The van der Waals surface area contributed by atoms with Crippen LogP contribution in [-0.2, 0) is 29.6 Å². The molecule has 10 heteroatoms. The number of phenolic OH excluding ortho intramolecular Hbond substituents is 1. The van der Waals surface area contributed by atoms with Crippen molar-refractivity contribution in [1.29, 1.82) is 0 Å². The first kappa shape index (κ1) is 22.9. The van der Waals surface area contributed by atoms with Gasteiger partial charge in [-0.2, -0.15) is 0 Å². The zero-order chi connectivity index (χ0) is 23.7. The number of carbonyl (C=O) groups is 1. The van der Waals surface area contributed by atoms with Crippen molar-refractivity contribution in [2.45, 2.75) is 13.5 Å². The number of imidazole rings is 1. The van der Waals surface area contributed by atoms with Crippen molar-refractivity contribution in [3.05, 3.63) is 81.7 Å². The molecular formula is C23H19BrFN3O4S. The normalized spacial score (nSPS) is 11.0. The van der Waals surface area contributed by atoms with Gasteiger partial charge in [0.15, 0.2) is 0 Å². The minimum atomic E-state index is -0.625. The van der Waals surface area contributed by atoms with Crippen molar-refractivity contribution in [2.75, 3.05) is 6.61 Å². The fourth-order valence-electron chi connectivity index (χ4n) is 3.84. The first-order valence-electron chi connectivity index (χ1n) is 9.96. The number of carbonyl (C=O) groups excluding carboxylic acids is 1. The van der Waals surface area contributed by atoms with Gasteiger partial charge >= 0.3 is 5.97 Å². The zero-order valence-electron chi connectivity index (χ0n) is 17.7. The maximum Gasteiger partial charge on any atom is 0.341 e. The van der Waals surface area contributed by atoms with Gasteiger partial charge in [-0.1, -0.05) is 12.1 Å². The van der Waals surface area contributed by atoms with Gasteiger partial charge in [0.1, 0.15) is 11.6 Å². The van der Waals surface area contributed by atoms with E-state index < -0.39 is 11.8 Å². The molecule has 1 N–H and O–H groups in total. The summed E-state index contributed by atoms with van der Waals surface area (Å²) in [5.41, 5.74) is 2.04. The number of fused-ring (bicyclic) bond motifs is 1. The van der Waals surface area contributed by atoms with Crippen LogP contribution < -0.4 is 0 Å². The van der Waals surface area contributed by atoms with Crippen LogP contribution in [0, 0.1) is 5.82 Å². The Morgan fingerprint density at radius 1 is 1.30 bits per heavy atom. The number of hydrogen-bond acceptors (Lipinski definition) is 5. The van der Waals surface area contributed by atoms with Crippen LogP contribution in [0.15, 0.2) is 53.5 Å². The lowest BCUT2D eigenvalue weighted by Crippen LogP contribution is -2.15. The number of benzene rings is 2. The second-order valence-corrected chi connectivity index (χ2v) is 8.67.